The highest BCUT2D eigenvalue weighted by Gasteiger charge is 2.24. The van der Waals surface area contributed by atoms with E-state index in [1.807, 2.05) is 0 Å². The van der Waals surface area contributed by atoms with Crippen molar-refractivity contribution in [3.63, 3.8) is 0 Å². The van der Waals surface area contributed by atoms with Crippen LogP contribution in [0.5, 0.6) is 0 Å². The molecule has 0 amide bonds. The predicted octanol–water partition coefficient (Wildman–Crippen LogP) is 1.75. The zero-order chi connectivity index (χ0) is 14.7. The Hall–Kier alpha value is -1.82. The van der Waals surface area contributed by atoms with Crippen molar-refractivity contribution in [3.8, 4) is 0 Å². The average molecular weight is 281 g/mol. The summed E-state index contributed by atoms with van der Waals surface area (Å²) in [6.07, 6.45) is 1.88. The monoisotopic (exact) mass is 281 g/mol. The maximum atomic E-state index is 12.0. The molecule has 1 fully saturated rings. The standard InChI is InChI=1S/C14H19NO5/c1-8-11(13(16)18-3)9(2)15-12(8)14(17)20-7-10-5-4-6-19-10/h10,15H,4-7H2,1-3H3/t10-/m0/s1. The quantitative estimate of drug-likeness (QED) is 0.851. The molecule has 1 N–H and O–H groups in total. The third-order valence-electron chi connectivity index (χ3n) is 3.46. The minimum absolute atomic E-state index is 0.0182. The van der Waals surface area contributed by atoms with Crippen LogP contribution in [0.2, 0.25) is 0 Å². The number of carbonyl (C=O) groups excluding carboxylic acids is 2. The van der Waals surface area contributed by atoms with E-state index in [4.69, 9.17) is 14.2 Å². The number of ether oxygens (including phenoxy) is 3. The van der Waals surface area contributed by atoms with Gasteiger partial charge in [-0.2, -0.15) is 0 Å². The number of hydrogen-bond donors (Lipinski definition) is 1. The maximum absolute atomic E-state index is 12.0. The summed E-state index contributed by atoms with van der Waals surface area (Å²) in [6, 6.07) is 0. The van der Waals surface area contributed by atoms with Crippen LogP contribution in [0.4, 0.5) is 0 Å². The van der Waals surface area contributed by atoms with Gasteiger partial charge in [-0.05, 0) is 32.3 Å². The number of methoxy groups -OCH3 is 1. The molecular formula is C14H19NO5. The lowest BCUT2D eigenvalue weighted by Crippen LogP contribution is -2.18. The number of aromatic amines is 1. The molecule has 0 radical (unpaired) electrons. The number of esters is 2. The molecule has 20 heavy (non-hydrogen) atoms. The number of nitrogens with one attached hydrogen (secondary N) is 1. The first-order valence-electron chi connectivity index (χ1n) is 6.60. The van der Waals surface area contributed by atoms with Gasteiger partial charge in [0.1, 0.15) is 12.3 Å². The molecule has 6 heteroatoms. The van der Waals surface area contributed by atoms with Crippen molar-refractivity contribution < 1.29 is 23.8 Å². The Kier molecular flexibility index (Phi) is 4.44. The predicted molar refractivity (Wildman–Crippen MR) is 70.9 cm³/mol. The molecule has 0 bridgehead atoms. The highest BCUT2D eigenvalue weighted by atomic mass is 16.6. The average Bonchev–Trinajstić information content (AvgIpc) is 3.04. The van der Waals surface area contributed by atoms with Gasteiger partial charge in [-0.1, -0.05) is 0 Å². The van der Waals surface area contributed by atoms with Crippen LogP contribution in [0.15, 0.2) is 0 Å². The Morgan fingerprint density at radius 3 is 2.70 bits per heavy atom. The molecular weight excluding hydrogens is 262 g/mol. The van der Waals surface area contributed by atoms with Crippen LogP contribution in [0.1, 0.15) is 44.9 Å². The molecule has 110 valence electrons. The molecule has 2 rings (SSSR count). The maximum Gasteiger partial charge on any atom is 0.355 e. The first kappa shape index (κ1) is 14.6. The van der Waals surface area contributed by atoms with Crippen molar-refractivity contribution in [1.29, 1.82) is 0 Å². The van der Waals surface area contributed by atoms with Crippen LogP contribution in [-0.4, -0.2) is 43.4 Å². The fraction of sp³-hybridized carbons (Fsp3) is 0.571. The van der Waals surface area contributed by atoms with E-state index in [0.29, 0.717) is 22.5 Å². The van der Waals surface area contributed by atoms with E-state index < -0.39 is 11.9 Å². The smallest absolute Gasteiger partial charge is 0.355 e. The molecule has 0 unspecified atom stereocenters. The summed E-state index contributed by atoms with van der Waals surface area (Å²) in [5.41, 5.74) is 1.82. The number of H-pyrrole nitrogens is 1. The van der Waals surface area contributed by atoms with Crippen molar-refractivity contribution in [2.45, 2.75) is 32.8 Å². The molecule has 0 spiro atoms. The molecule has 0 aromatic carbocycles. The fourth-order valence-electron chi connectivity index (χ4n) is 2.38. The molecule has 1 aromatic rings. The summed E-state index contributed by atoms with van der Waals surface area (Å²) in [7, 11) is 1.31. The van der Waals surface area contributed by atoms with Crippen LogP contribution in [0, 0.1) is 13.8 Å². The summed E-state index contributed by atoms with van der Waals surface area (Å²) in [5, 5.41) is 0. The second-order valence-corrected chi connectivity index (χ2v) is 4.85. The molecule has 1 aliphatic heterocycles. The number of aromatic nitrogens is 1. The Balaban J connectivity index is 2.08. The van der Waals surface area contributed by atoms with Gasteiger partial charge in [-0.25, -0.2) is 9.59 Å². The normalized spacial score (nSPS) is 18.1. The summed E-state index contributed by atoms with van der Waals surface area (Å²) in [6.45, 7) is 4.37. The lowest BCUT2D eigenvalue weighted by Gasteiger charge is -2.09. The number of carbonyl (C=O) groups is 2. The van der Waals surface area contributed by atoms with Gasteiger partial charge in [0.25, 0.3) is 0 Å². The van der Waals surface area contributed by atoms with E-state index in [1.54, 1.807) is 13.8 Å². The Bertz CT molecular complexity index is 514. The molecule has 6 nitrogen and oxygen atoms in total. The fourth-order valence-corrected chi connectivity index (χ4v) is 2.38. The zero-order valence-corrected chi connectivity index (χ0v) is 11.9. The number of aryl methyl sites for hydroxylation is 1. The minimum atomic E-state index is -0.476. The highest BCUT2D eigenvalue weighted by Crippen LogP contribution is 2.20. The van der Waals surface area contributed by atoms with Gasteiger partial charge in [-0.3, -0.25) is 0 Å². The number of hydrogen-bond acceptors (Lipinski definition) is 5. The van der Waals surface area contributed by atoms with E-state index in [1.165, 1.54) is 7.11 Å². The van der Waals surface area contributed by atoms with Crippen LogP contribution < -0.4 is 0 Å². The van der Waals surface area contributed by atoms with Gasteiger partial charge in [0, 0.05) is 12.3 Å². The molecule has 1 atom stereocenters. The van der Waals surface area contributed by atoms with E-state index in [-0.39, 0.29) is 12.7 Å². The largest absolute Gasteiger partial charge is 0.465 e. The van der Waals surface area contributed by atoms with Crippen LogP contribution in [0.3, 0.4) is 0 Å². The van der Waals surface area contributed by atoms with Gasteiger partial charge in [-0.15, -0.1) is 0 Å². The van der Waals surface area contributed by atoms with E-state index in [0.717, 1.165) is 19.4 Å². The Morgan fingerprint density at radius 1 is 1.35 bits per heavy atom. The van der Waals surface area contributed by atoms with Crippen molar-refractivity contribution in [3.05, 3.63) is 22.5 Å². The SMILES string of the molecule is COC(=O)c1c(C)[nH]c(C(=O)OC[C@@H]2CCCO2)c1C. The molecule has 0 aliphatic carbocycles. The zero-order valence-electron chi connectivity index (χ0n) is 11.9. The summed E-state index contributed by atoms with van der Waals surface area (Å²) >= 11 is 0. The van der Waals surface area contributed by atoms with E-state index in [9.17, 15) is 9.59 Å². The topological polar surface area (TPSA) is 77.6 Å². The van der Waals surface area contributed by atoms with Gasteiger partial charge in [0.15, 0.2) is 0 Å². The number of rotatable bonds is 4. The lowest BCUT2D eigenvalue weighted by atomic mass is 10.1. The summed E-state index contributed by atoms with van der Waals surface area (Å²) < 4.78 is 15.3. The first-order valence-corrected chi connectivity index (χ1v) is 6.60. The van der Waals surface area contributed by atoms with Gasteiger partial charge >= 0.3 is 11.9 Å². The van der Waals surface area contributed by atoms with Crippen LogP contribution in [0.25, 0.3) is 0 Å². The highest BCUT2D eigenvalue weighted by molar-refractivity contribution is 5.98. The summed E-state index contributed by atoms with van der Waals surface area (Å²) in [5.74, 6) is -0.939. The van der Waals surface area contributed by atoms with Gasteiger partial charge < -0.3 is 19.2 Å². The second-order valence-electron chi connectivity index (χ2n) is 4.85. The molecule has 1 saturated heterocycles. The van der Waals surface area contributed by atoms with Crippen molar-refractivity contribution in [2.75, 3.05) is 20.3 Å². The summed E-state index contributed by atoms with van der Waals surface area (Å²) in [4.78, 5) is 26.6. The molecule has 2 heterocycles. The van der Waals surface area contributed by atoms with Crippen molar-refractivity contribution in [1.82, 2.24) is 4.98 Å². The van der Waals surface area contributed by atoms with Crippen LogP contribution >= 0.6 is 0 Å². The third kappa shape index (κ3) is 2.85. The Morgan fingerprint density at radius 2 is 2.10 bits per heavy atom. The van der Waals surface area contributed by atoms with E-state index in [2.05, 4.69) is 4.98 Å². The molecule has 0 saturated carbocycles. The molecule has 1 aliphatic rings. The molecule has 1 aromatic heterocycles. The van der Waals surface area contributed by atoms with Crippen molar-refractivity contribution in [2.24, 2.45) is 0 Å². The van der Waals surface area contributed by atoms with Gasteiger partial charge in [0.05, 0.1) is 18.8 Å². The second kappa shape index (κ2) is 6.09. The van der Waals surface area contributed by atoms with Gasteiger partial charge in [0.2, 0.25) is 0 Å². The minimum Gasteiger partial charge on any atom is -0.465 e. The van der Waals surface area contributed by atoms with Crippen LogP contribution in [-0.2, 0) is 14.2 Å². The third-order valence-corrected chi connectivity index (χ3v) is 3.46. The van der Waals surface area contributed by atoms with E-state index >= 15 is 0 Å². The Labute approximate surface area is 117 Å². The first-order chi connectivity index (χ1) is 9.54. The van der Waals surface area contributed by atoms with Crippen molar-refractivity contribution >= 4 is 11.9 Å². The lowest BCUT2D eigenvalue weighted by molar-refractivity contribution is 0.0156.